The van der Waals surface area contributed by atoms with Crippen LogP contribution in [0.15, 0.2) is 60.9 Å². The van der Waals surface area contributed by atoms with Gasteiger partial charge in [-0.05, 0) is 35.9 Å². The molecule has 6 nitrogen and oxygen atoms in total. The van der Waals surface area contributed by atoms with E-state index in [1.807, 2.05) is 18.2 Å². The van der Waals surface area contributed by atoms with Crippen LogP contribution in [0.1, 0.15) is 18.1 Å². The van der Waals surface area contributed by atoms with Crippen LogP contribution < -0.4 is 5.30 Å². The maximum absolute atomic E-state index is 13.5. The average Bonchev–Trinajstić information content (AvgIpc) is 2.73. The highest BCUT2D eigenvalue weighted by molar-refractivity contribution is 7.62. The van der Waals surface area contributed by atoms with Crippen molar-refractivity contribution in [3.63, 3.8) is 0 Å². The zero-order valence-electron chi connectivity index (χ0n) is 15.2. The number of hydrogen-bond acceptors (Lipinski definition) is 6. The molecular formula is C21H16ClN2O4P. The molecule has 4 aromatic rings. The molecule has 0 spiro atoms. The number of hydrogen-bond donors (Lipinski definition) is 1. The molecule has 2 atom stereocenters. The minimum absolute atomic E-state index is 0.138. The molecule has 1 aliphatic heterocycles. The van der Waals surface area contributed by atoms with Gasteiger partial charge in [-0.15, -0.1) is 0 Å². The van der Waals surface area contributed by atoms with E-state index in [0.29, 0.717) is 39.8 Å². The van der Waals surface area contributed by atoms with Crippen molar-refractivity contribution < 1.29 is 18.7 Å². The lowest BCUT2D eigenvalue weighted by Gasteiger charge is -2.30. The third-order valence-corrected chi connectivity index (χ3v) is 7.13. The Bertz CT molecular complexity index is 1300. The summed E-state index contributed by atoms with van der Waals surface area (Å²) in [5.74, 6) is 0.138. The Morgan fingerprint density at radius 3 is 2.86 bits per heavy atom. The van der Waals surface area contributed by atoms with E-state index < -0.39 is 7.60 Å². The van der Waals surface area contributed by atoms with Crippen molar-refractivity contribution in [2.45, 2.75) is 12.5 Å². The molecule has 1 N–H and O–H groups in total. The van der Waals surface area contributed by atoms with Crippen LogP contribution in [0.4, 0.5) is 0 Å². The van der Waals surface area contributed by atoms with Crippen LogP contribution in [0.25, 0.3) is 21.8 Å². The van der Waals surface area contributed by atoms with E-state index in [1.54, 1.807) is 24.3 Å². The van der Waals surface area contributed by atoms with Crippen LogP contribution in [0, 0.1) is 0 Å². The molecule has 0 bridgehead atoms. The van der Waals surface area contributed by atoms with Crippen LogP contribution in [-0.4, -0.2) is 21.7 Å². The molecule has 2 aromatic heterocycles. The maximum Gasteiger partial charge on any atom is 0.363 e. The summed E-state index contributed by atoms with van der Waals surface area (Å²) in [6.45, 7) is 0.305. The maximum atomic E-state index is 13.5. The molecule has 8 heteroatoms. The van der Waals surface area contributed by atoms with Gasteiger partial charge >= 0.3 is 7.60 Å². The van der Waals surface area contributed by atoms with Gasteiger partial charge in [0.2, 0.25) is 0 Å². The topological polar surface area (TPSA) is 81.5 Å². The second-order valence-electron chi connectivity index (χ2n) is 6.83. The quantitative estimate of drug-likeness (QED) is 0.353. The van der Waals surface area contributed by atoms with Crippen molar-refractivity contribution in [2.24, 2.45) is 0 Å². The number of fused-ring (bicyclic) bond motifs is 3. The molecule has 146 valence electrons. The van der Waals surface area contributed by atoms with Crippen molar-refractivity contribution in [3.8, 4) is 5.75 Å². The minimum Gasteiger partial charge on any atom is -0.507 e. The summed E-state index contributed by atoms with van der Waals surface area (Å²) in [6, 6.07) is 14.2. The Morgan fingerprint density at radius 1 is 1.10 bits per heavy atom. The third kappa shape index (κ3) is 3.28. The zero-order valence-corrected chi connectivity index (χ0v) is 16.8. The van der Waals surface area contributed by atoms with E-state index in [2.05, 4.69) is 9.97 Å². The Hall–Kier alpha value is -2.50. The van der Waals surface area contributed by atoms with Gasteiger partial charge in [-0.3, -0.25) is 19.1 Å². The highest BCUT2D eigenvalue weighted by Gasteiger charge is 2.36. The number of aromatic hydroxyl groups is 1. The minimum atomic E-state index is -3.55. The first-order valence-electron chi connectivity index (χ1n) is 9.09. The van der Waals surface area contributed by atoms with E-state index in [9.17, 15) is 9.67 Å². The Balaban J connectivity index is 1.55. The summed E-state index contributed by atoms with van der Waals surface area (Å²) in [6.07, 6.45) is 3.23. The monoisotopic (exact) mass is 426 g/mol. The number of rotatable bonds is 2. The largest absolute Gasteiger partial charge is 0.507 e. The fourth-order valence-electron chi connectivity index (χ4n) is 3.53. The molecule has 0 amide bonds. The van der Waals surface area contributed by atoms with Crippen molar-refractivity contribution >= 4 is 46.3 Å². The van der Waals surface area contributed by atoms with Gasteiger partial charge in [-0.2, -0.15) is 0 Å². The van der Waals surface area contributed by atoms with Crippen molar-refractivity contribution in [1.82, 2.24) is 9.97 Å². The lowest BCUT2D eigenvalue weighted by Crippen LogP contribution is -2.20. The summed E-state index contributed by atoms with van der Waals surface area (Å²) < 4.78 is 25.0. The van der Waals surface area contributed by atoms with Crippen LogP contribution in [0.2, 0.25) is 5.02 Å². The first kappa shape index (κ1) is 18.5. The van der Waals surface area contributed by atoms with E-state index in [4.69, 9.17) is 20.6 Å². The molecule has 1 saturated heterocycles. The Morgan fingerprint density at radius 2 is 2.00 bits per heavy atom. The van der Waals surface area contributed by atoms with Gasteiger partial charge in [0.1, 0.15) is 11.3 Å². The van der Waals surface area contributed by atoms with E-state index in [0.717, 1.165) is 10.9 Å². The van der Waals surface area contributed by atoms with Crippen molar-refractivity contribution in [3.05, 3.63) is 71.5 Å². The van der Waals surface area contributed by atoms with E-state index in [1.165, 1.54) is 18.5 Å². The number of halogens is 1. The zero-order chi connectivity index (χ0) is 20.0. The van der Waals surface area contributed by atoms with E-state index in [-0.39, 0.29) is 11.9 Å². The lowest BCUT2D eigenvalue weighted by molar-refractivity contribution is 0.0875. The predicted octanol–water partition coefficient (Wildman–Crippen LogP) is 5.14. The molecule has 5 rings (SSSR count). The van der Waals surface area contributed by atoms with Gasteiger partial charge in [-0.25, -0.2) is 0 Å². The SMILES string of the molecule is O=P1(c2cnc3c(ccc4c(O)ccnc43)c2)OCCC(c2cccc(Cl)c2)O1. The van der Waals surface area contributed by atoms with Crippen LogP contribution in [0.5, 0.6) is 5.75 Å². The second-order valence-corrected chi connectivity index (χ2v) is 9.24. The fourth-order valence-corrected chi connectivity index (χ4v) is 5.47. The van der Waals surface area contributed by atoms with Crippen LogP contribution >= 0.6 is 19.2 Å². The van der Waals surface area contributed by atoms with Gasteiger partial charge < -0.3 is 9.63 Å². The van der Waals surface area contributed by atoms with Gasteiger partial charge in [-0.1, -0.05) is 29.8 Å². The predicted molar refractivity (Wildman–Crippen MR) is 112 cm³/mol. The molecule has 0 radical (unpaired) electrons. The molecule has 3 heterocycles. The summed E-state index contributed by atoms with van der Waals surface area (Å²) in [4.78, 5) is 8.78. The van der Waals surface area contributed by atoms with Gasteiger partial charge in [0.25, 0.3) is 0 Å². The average molecular weight is 427 g/mol. The normalized spacial score (nSPS) is 22.2. The Labute approximate surface area is 171 Å². The molecule has 0 aliphatic carbocycles. The van der Waals surface area contributed by atoms with Crippen LogP contribution in [0.3, 0.4) is 0 Å². The van der Waals surface area contributed by atoms with Gasteiger partial charge in [0, 0.05) is 34.6 Å². The first-order chi connectivity index (χ1) is 14.0. The first-order valence-corrected chi connectivity index (χ1v) is 11.0. The fraction of sp³-hybridized carbons (Fsp3) is 0.143. The smallest absolute Gasteiger partial charge is 0.363 e. The number of nitrogens with zero attached hydrogens (tertiary/aromatic N) is 2. The molecule has 2 unspecified atom stereocenters. The molecule has 0 saturated carbocycles. The second kappa shape index (κ2) is 7.08. The van der Waals surface area contributed by atoms with Crippen LogP contribution in [-0.2, 0) is 13.6 Å². The summed E-state index contributed by atoms with van der Waals surface area (Å²) in [5, 5.41) is 12.4. The molecule has 1 aliphatic rings. The number of pyridine rings is 2. The standard InChI is InChI=1S/C21H16ClN2O4P/c22-15-3-1-2-13(10-15)19-7-9-27-29(26,28-19)16-11-14-4-5-17-18(25)6-8-23-21(17)20(14)24-12-16/h1-6,8,10-12,19H,7,9H2,(H,23,25). The highest BCUT2D eigenvalue weighted by atomic mass is 35.5. The number of benzene rings is 2. The number of aromatic nitrogens is 2. The third-order valence-electron chi connectivity index (χ3n) is 4.97. The molecular weight excluding hydrogens is 411 g/mol. The summed E-state index contributed by atoms with van der Waals surface area (Å²) in [7, 11) is -3.55. The summed E-state index contributed by atoms with van der Waals surface area (Å²) in [5.41, 5.74) is 2.05. The van der Waals surface area contributed by atoms with Crippen molar-refractivity contribution in [2.75, 3.05) is 6.61 Å². The lowest BCUT2D eigenvalue weighted by atomic mass is 10.1. The van der Waals surface area contributed by atoms with E-state index >= 15 is 0 Å². The van der Waals surface area contributed by atoms with Crippen molar-refractivity contribution in [1.29, 1.82) is 0 Å². The summed E-state index contributed by atoms with van der Waals surface area (Å²) >= 11 is 6.09. The van der Waals surface area contributed by atoms with Gasteiger partial charge in [0.15, 0.2) is 0 Å². The molecule has 1 fully saturated rings. The molecule has 29 heavy (non-hydrogen) atoms. The Kier molecular flexibility index (Phi) is 4.52. The van der Waals surface area contributed by atoms with Gasteiger partial charge in [0.05, 0.1) is 23.5 Å². The molecule has 2 aromatic carbocycles. The highest BCUT2D eigenvalue weighted by Crippen LogP contribution is 2.55.